The number of hydrogen-bond acceptors (Lipinski definition) is 2. The van der Waals surface area contributed by atoms with Crippen molar-refractivity contribution in [3.8, 4) is 0 Å². The van der Waals surface area contributed by atoms with E-state index in [2.05, 4.69) is 27.6 Å². The first-order chi connectivity index (χ1) is 9.63. The summed E-state index contributed by atoms with van der Waals surface area (Å²) >= 11 is 14.8. The van der Waals surface area contributed by atoms with Crippen molar-refractivity contribution in [3.63, 3.8) is 0 Å². The molecule has 0 saturated heterocycles. The SMILES string of the molecule is Clc1ccc(I)c(C(Cl)Cc2nc3ccccc3o2)c1. The monoisotopic (exact) mass is 417 g/mol. The van der Waals surface area contributed by atoms with E-state index in [-0.39, 0.29) is 5.38 Å². The first-order valence-corrected chi connectivity index (χ1v) is 7.96. The van der Waals surface area contributed by atoms with Crippen molar-refractivity contribution in [1.82, 2.24) is 4.98 Å². The summed E-state index contributed by atoms with van der Waals surface area (Å²) in [4.78, 5) is 4.44. The lowest BCUT2D eigenvalue weighted by atomic mass is 10.1. The molecule has 0 bridgehead atoms. The van der Waals surface area contributed by atoms with E-state index in [0.717, 1.165) is 20.2 Å². The van der Waals surface area contributed by atoms with Gasteiger partial charge in [-0.2, -0.15) is 0 Å². The molecule has 0 fully saturated rings. The van der Waals surface area contributed by atoms with E-state index in [1.54, 1.807) is 0 Å². The predicted octanol–water partition coefficient (Wildman–Crippen LogP) is 5.61. The van der Waals surface area contributed by atoms with Crippen molar-refractivity contribution in [2.24, 2.45) is 0 Å². The van der Waals surface area contributed by atoms with Crippen LogP contribution in [0, 0.1) is 3.57 Å². The predicted molar refractivity (Wildman–Crippen MR) is 90.5 cm³/mol. The number of hydrogen-bond donors (Lipinski definition) is 0. The molecule has 1 aromatic heterocycles. The molecule has 5 heteroatoms. The molecular formula is C15H10Cl2INO. The van der Waals surface area contributed by atoms with E-state index in [1.807, 2.05) is 42.5 Å². The highest BCUT2D eigenvalue weighted by atomic mass is 127. The van der Waals surface area contributed by atoms with Gasteiger partial charge in [0.1, 0.15) is 5.52 Å². The average Bonchev–Trinajstić information content (AvgIpc) is 2.83. The summed E-state index contributed by atoms with van der Waals surface area (Å²) in [5.41, 5.74) is 2.64. The van der Waals surface area contributed by atoms with Gasteiger partial charge in [-0.1, -0.05) is 23.7 Å². The molecule has 0 aliphatic carbocycles. The second-order valence-corrected chi connectivity index (χ2v) is 6.54. The molecule has 1 unspecified atom stereocenters. The number of halogens is 3. The summed E-state index contributed by atoms with van der Waals surface area (Å²) in [6.45, 7) is 0. The summed E-state index contributed by atoms with van der Waals surface area (Å²) in [6.07, 6.45) is 0.534. The van der Waals surface area contributed by atoms with E-state index in [0.29, 0.717) is 17.3 Å². The average molecular weight is 418 g/mol. The first kappa shape index (κ1) is 14.2. The lowest BCUT2D eigenvalue weighted by Crippen LogP contribution is -1.98. The molecule has 102 valence electrons. The molecule has 2 aromatic carbocycles. The number of alkyl halides is 1. The molecule has 2 nitrogen and oxygen atoms in total. The van der Waals surface area contributed by atoms with Crippen LogP contribution >= 0.6 is 45.8 Å². The van der Waals surface area contributed by atoms with Crippen molar-refractivity contribution < 1.29 is 4.42 Å². The van der Waals surface area contributed by atoms with Crippen LogP contribution in [-0.4, -0.2) is 4.98 Å². The van der Waals surface area contributed by atoms with Crippen LogP contribution in [0.1, 0.15) is 16.8 Å². The Morgan fingerprint density at radius 3 is 2.80 bits per heavy atom. The number of aromatic nitrogens is 1. The van der Waals surface area contributed by atoms with Crippen LogP contribution in [-0.2, 0) is 6.42 Å². The highest BCUT2D eigenvalue weighted by molar-refractivity contribution is 14.1. The normalized spacial score (nSPS) is 12.8. The smallest absolute Gasteiger partial charge is 0.197 e. The van der Waals surface area contributed by atoms with Crippen molar-refractivity contribution in [1.29, 1.82) is 0 Å². The minimum Gasteiger partial charge on any atom is -0.441 e. The van der Waals surface area contributed by atoms with Crippen molar-refractivity contribution in [2.45, 2.75) is 11.8 Å². The Hall–Kier alpha value is -0.780. The highest BCUT2D eigenvalue weighted by Gasteiger charge is 2.16. The lowest BCUT2D eigenvalue weighted by Gasteiger charge is -2.10. The van der Waals surface area contributed by atoms with E-state index in [1.165, 1.54) is 0 Å². The molecule has 3 rings (SSSR count). The molecule has 1 heterocycles. The van der Waals surface area contributed by atoms with Crippen LogP contribution in [0.5, 0.6) is 0 Å². The second-order valence-electron chi connectivity index (χ2n) is 4.41. The molecule has 0 radical (unpaired) electrons. The first-order valence-electron chi connectivity index (χ1n) is 6.07. The maximum Gasteiger partial charge on any atom is 0.197 e. The number of oxazole rings is 1. The van der Waals surface area contributed by atoms with Crippen molar-refractivity contribution in [3.05, 3.63) is 62.5 Å². The molecule has 20 heavy (non-hydrogen) atoms. The summed E-state index contributed by atoms with van der Waals surface area (Å²) in [5, 5.41) is 0.470. The Labute approximate surface area is 140 Å². The van der Waals surface area contributed by atoms with Gasteiger partial charge in [0.2, 0.25) is 0 Å². The van der Waals surface area contributed by atoms with Gasteiger partial charge in [-0.05, 0) is 58.5 Å². The molecule has 1 atom stereocenters. The largest absolute Gasteiger partial charge is 0.441 e. The van der Waals surface area contributed by atoms with Crippen LogP contribution < -0.4 is 0 Å². The quantitative estimate of drug-likeness (QED) is 0.409. The van der Waals surface area contributed by atoms with Gasteiger partial charge in [-0.15, -0.1) is 11.6 Å². The molecule has 0 spiro atoms. The highest BCUT2D eigenvalue weighted by Crippen LogP contribution is 2.31. The summed E-state index contributed by atoms with van der Waals surface area (Å²) in [5.74, 6) is 0.641. The zero-order valence-electron chi connectivity index (χ0n) is 10.3. The van der Waals surface area contributed by atoms with Crippen LogP contribution in [0.15, 0.2) is 46.9 Å². The summed E-state index contributed by atoms with van der Waals surface area (Å²) in [6, 6.07) is 13.4. The Morgan fingerprint density at radius 2 is 2.00 bits per heavy atom. The number of para-hydroxylation sites is 2. The van der Waals surface area contributed by atoms with Gasteiger partial charge >= 0.3 is 0 Å². The Balaban J connectivity index is 1.88. The van der Waals surface area contributed by atoms with Crippen LogP contribution in [0.4, 0.5) is 0 Å². The minimum absolute atomic E-state index is 0.214. The van der Waals surface area contributed by atoms with E-state index in [9.17, 15) is 0 Å². The van der Waals surface area contributed by atoms with Gasteiger partial charge in [0.15, 0.2) is 11.5 Å². The molecule has 3 aromatic rings. The zero-order valence-corrected chi connectivity index (χ0v) is 14.0. The number of benzene rings is 2. The fraction of sp³-hybridized carbons (Fsp3) is 0.133. The standard InChI is InChI=1S/C15H10Cl2INO/c16-9-5-6-12(18)10(7-9)11(17)8-15-19-13-3-1-2-4-14(13)20-15/h1-7,11H,8H2. The number of fused-ring (bicyclic) bond motifs is 1. The topological polar surface area (TPSA) is 26.0 Å². The van der Waals surface area contributed by atoms with Gasteiger partial charge in [-0.25, -0.2) is 4.98 Å². The Bertz CT molecular complexity index is 723. The Morgan fingerprint density at radius 1 is 1.20 bits per heavy atom. The minimum atomic E-state index is -0.214. The van der Waals surface area contributed by atoms with E-state index in [4.69, 9.17) is 27.6 Å². The second kappa shape index (κ2) is 5.92. The zero-order chi connectivity index (χ0) is 14.1. The molecule has 0 N–H and O–H groups in total. The third-order valence-electron chi connectivity index (χ3n) is 2.99. The molecule has 0 amide bonds. The van der Waals surface area contributed by atoms with Crippen molar-refractivity contribution >= 4 is 56.9 Å². The maximum absolute atomic E-state index is 6.48. The number of rotatable bonds is 3. The van der Waals surface area contributed by atoms with E-state index >= 15 is 0 Å². The van der Waals surface area contributed by atoms with Gasteiger partial charge in [0.25, 0.3) is 0 Å². The number of nitrogens with zero attached hydrogens (tertiary/aromatic N) is 1. The molecular weight excluding hydrogens is 408 g/mol. The van der Waals surface area contributed by atoms with Gasteiger partial charge in [-0.3, -0.25) is 0 Å². The third-order valence-corrected chi connectivity index (χ3v) is 4.59. The fourth-order valence-corrected chi connectivity index (χ4v) is 3.41. The van der Waals surface area contributed by atoms with Crippen LogP contribution in [0.25, 0.3) is 11.1 Å². The van der Waals surface area contributed by atoms with Crippen LogP contribution in [0.2, 0.25) is 5.02 Å². The summed E-state index contributed by atoms with van der Waals surface area (Å²) < 4.78 is 6.79. The van der Waals surface area contributed by atoms with Gasteiger partial charge in [0.05, 0.1) is 5.38 Å². The van der Waals surface area contributed by atoms with E-state index < -0.39 is 0 Å². The third kappa shape index (κ3) is 2.95. The summed E-state index contributed by atoms with van der Waals surface area (Å²) in [7, 11) is 0. The fourth-order valence-electron chi connectivity index (χ4n) is 2.03. The lowest BCUT2D eigenvalue weighted by molar-refractivity contribution is 0.525. The Kier molecular flexibility index (Phi) is 4.19. The van der Waals surface area contributed by atoms with Gasteiger partial charge in [0, 0.05) is 15.0 Å². The maximum atomic E-state index is 6.48. The molecule has 0 aliphatic heterocycles. The van der Waals surface area contributed by atoms with Crippen molar-refractivity contribution in [2.75, 3.05) is 0 Å². The molecule has 0 aliphatic rings. The molecule has 0 saturated carbocycles. The van der Waals surface area contributed by atoms with Crippen LogP contribution in [0.3, 0.4) is 0 Å². The van der Waals surface area contributed by atoms with Gasteiger partial charge < -0.3 is 4.42 Å².